The summed E-state index contributed by atoms with van der Waals surface area (Å²) in [6.45, 7) is 4.76. The topological polar surface area (TPSA) is 87.4 Å². The summed E-state index contributed by atoms with van der Waals surface area (Å²) < 4.78 is 1.63. The number of nitrogens with one attached hydrogen (secondary N) is 1. The highest BCUT2D eigenvalue weighted by Gasteiger charge is 2.30. The van der Waals surface area contributed by atoms with Gasteiger partial charge in [0.25, 0.3) is 5.91 Å². The molecule has 1 aromatic rings. The van der Waals surface area contributed by atoms with Crippen LogP contribution in [0.3, 0.4) is 0 Å². The molecular formula is C12H21N3O3. The first-order chi connectivity index (χ1) is 8.40. The Morgan fingerprint density at radius 1 is 1.39 bits per heavy atom. The van der Waals surface area contributed by atoms with Crippen LogP contribution in [0, 0.1) is 13.8 Å². The lowest BCUT2D eigenvalue weighted by atomic mass is 9.97. The van der Waals surface area contributed by atoms with E-state index in [-0.39, 0.29) is 19.1 Å². The van der Waals surface area contributed by atoms with Crippen molar-refractivity contribution in [3.8, 4) is 0 Å². The van der Waals surface area contributed by atoms with Gasteiger partial charge in [0, 0.05) is 12.7 Å². The Hall–Kier alpha value is -1.40. The van der Waals surface area contributed by atoms with Gasteiger partial charge in [0.2, 0.25) is 0 Å². The van der Waals surface area contributed by atoms with Crippen LogP contribution >= 0.6 is 0 Å². The maximum atomic E-state index is 12.2. The van der Waals surface area contributed by atoms with E-state index in [0.717, 1.165) is 5.69 Å². The summed E-state index contributed by atoms with van der Waals surface area (Å²) in [6.07, 6.45) is 0.449. The fourth-order valence-electron chi connectivity index (χ4n) is 1.85. The molecule has 0 fully saturated rings. The fourth-order valence-corrected chi connectivity index (χ4v) is 1.85. The quantitative estimate of drug-likeness (QED) is 0.685. The highest BCUT2D eigenvalue weighted by atomic mass is 16.3. The molecule has 0 unspecified atom stereocenters. The van der Waals surface area contributed by atoms with Gasteiger partial charge in [0.1, 0.15) is 0 Å². The van der Waals surface area contributed by atoms with Crippen LogP contribution in [0.25, 0.3) is 0 Å². The number of nitrogens with zero attached hydrogens (tertiary/aromatic N) is 2. The number of hydrogen-bond acceptors (Lipinski definition) is 4. The molecule has 0 bridgehead atoms. The van der Waals surface area contributed by atoms with E-state index in [1.54, 1.807) is 32.5 Å². The second kappa shape index (κ2) is 5.49. The molecule has 0 aliphatic carbocycles. The summed E-state index contributed by atoms with van der Waals surface area (Å²) >= 11 is 0. The van der Waals surface area contributed by atoms with E-state index in [1.807, 2.05) is 0 Å². The van der Waals surface area contributed by atoms with E-state index in [2.05, 4.69) is 10.4 Å². The molecule has 0 aliphatic heterocycles. The Morgan fingerprint density at radius 3 is 2.28 bits per heavy atom. The number of hydrogen-bond donors (Lipinski definition) is 3. The molecule has 6 heteroatoms. The third-order valence-corrected chi connectivity index (χ3v) is 3.40. The van der Waals surface area contributed by atoms with Gasteiger partial charge in [0.15, 0.2) is 0 Å². The minimum atomic E-state index is -0.980. The van der Waals surface area contributed by atoms with Gasteiger partial charge >= 0.3 is 0 Å². The van der Waals surface area contributed by atoms with Crippen LogP contribution in [-0.4, -0.2) is 44.7 Å². The first kappa shape index (κ1) is 14.7. The van der Waals surface area contributed by atoms with Crippen molar-refractivity contribution < 1.29 is 15.0 Å². The summed E-state index contributed by atoms with van der Waals surface area (Å²) in [5.74, 6) is -0.317. The molecule has 0 aliphatic rings. The van der Waals surface area contributed by atoms with Gasteiger partial charge in [-0.1, -0.05) is 6.92 Å². The van der Waals surface area contributed by atoms with Crippen molar-refractivity contribution in [2.75, 3.05) is 13.2 Å². The molecule has 0 atom stereocenters. The number of amides is 1. The van der Waals surface area contributed by atoms with Crippen molar-refractivity contribution >= 4 is 5.91 Å². The zero-order valence-electron chi connectivity index (χ0n) is 11.3. The van der Waals surface area contributed by atoms with Gasteiger partial charge in [-0.15, -0.1) is 0 Å². The predicted octanol–water partition coefficient (Wildman–Crippen LogP) is -0.0999. The maximum Gasteiger partial charge on any atom is 0.255 e. The van der Waals surface area contributed by atoms with Crippen molar-refractivity contribution in [2.24, 2.45) is 7.05 Å². The Kier molecular flexibility index (Phi) is 4.48. The maximum absolute atomic E-state index is 12.2. The lowest BCUT2D eigenvalue weighted by Crippen LogP contribution is -2.54. The fraction of sp³-hybridized carbons (Fsp3) is 0.667. The van der Waals surface area contributed by atoms with Gasteiger partial charge in [-0.05, 0) is 20.3 Å². The van der Waals surface area contributed by atoms with Crippen molar-refractivity contribution in [1.29, 1.82) is 0 Å². The average Bonchev–Trinajstić information content (AvgIpc) is 2.60. The summed E-state index contributed by atoms with van der Waals surface area (Å²) in [4.78, 5) is 12.2. The van der Waals surface area contributed by atoms with E-state index < -0.39 is 5.54 Å². The number of carbonyl (C=O) groups excluding carboxylic acids is 1. The molecule has 6 nitrogen and oxygen atoms in total. The monoisotopic (exact) mass is 255 g/mol. The molecule has 0 radical (unpaired) electrons. The van der Waals surface area contributed by atoms with Crippen LogP contribution in [0.1, 0.15) is 35.1 Å². The van der Waals surface area contributed by atoms with E-state index in [9.17, 15) is 15.0 Å². The molecular weight excluding hydrogens is 234 g/mol. The Morgan fingerprint density at radius 2 is 1.94 bits per heavy atom. The Balaban J connectivity index is 3.01. The molecule has 3 N–H and O–H groups in total. The highest BCUT2D eigenvalue weighted by Crippen LogP contribution is 2.15. The van der Waals surface area contributed by atoms with Crippen LogP contribution in [0.4, 0.5) is 0 Å². The number of aromatic nitrogens is 2. The first-order valence-electron chi connectivity index (χ1n) is 5.95. The van der Waals surface area contributed by atoms with E-state index in [0.29, 0.717) is 17.7 Å². The Bertz CT molecular complexity index is 428. The van der Waals surface area contributed by atoms with E-state index in [1.165, 1.54) is 0 Å². The molecule has 102 valence electrons. The molecule has 0 spiro atoms. The molecule has 1 heterocycles. The SMILES string of the molecule is CCC(CO)(CO)NC(=O)c1c(C)nn(C)c1C. The molecule has 0 aromatic carbocycles. The first-order valence-corrected chi connectivity index (χ1v) is 5.95. The standard InChI is InChI=1S/C12H21N3O3/c1-5-12(6-16,7-17)13-11(18)10-8(2)14-15(4)9(10)3/h16-17H,5-7H2,1-4H3,(H,13,18). The van der Waals surface area contributed by atoms with E-state index >= 15 is 0 Å². The van der Waals surface area contributed by atoms with Gasteiger partial charge in [0.05, 0.1) is 30.0 Å². The average molecular weight is 255 g/mol. The number of carbonyl (C=O) groups is 1. The third kappa shape index (κ3) is 2.54. The molecule has 0 saturated heterocycles. The zero-order chi connectivity index (χ0) is 13.9. The largest absolute Gasteiger partial charge is 0.394 e. The van der Waals surface area contributed by atoms with Crippen LogP contribution in [0.5, 0.6) is 0 Å². The summed E-state index contributed by atoms with van der Waals surface area (Å²) in [7, 11) is 1.77. The van der Waals surface area contributed by atoms with Crippen molar-refractivity contribution in [3.63, 3.8) is 0 Å². The van der Waals surface area contributed by atoms with Crippen molar-refractivity contribution in [2.45, 2.75) is 32.7 Å². The van der Waals surface area contributed by atoms with Crippen LogP contribution in [-0.2, 0) is 7.05 Å². The van der Waals surface area contributed by atoms with Crippen LogP contribution < -0.4 is 5.32 Å². The molecule has 1 rings (SSSR count). The van der Waals surface area contributed by atoms with Gasteiger partial charge < -0.3 is 15.5 Å². The number of aryl methyl sites for hydroxylation is 2. The minimum absolute atomic E-state index is 0.301. The summed E-state index contributed by atoms with van der Waals surface area (Å²) in [5, 5.41) is 25.5. The van der Waals surface area contributed by atoms with Gasteiger partial charge in [-0.2, -0.15) is 5.10 Å². The third-order valence-electron chi connectivity index (χ3n) is 3.40. The zero-order valence-corrected chi connectivity index (χ0v) is 11.3. The smallest absolute Gasteiger partial charge is 0.255 e. The number of aliphatic hydroxyl groups excluding tert-OH is 2. The van der Waals surface area contributed by atoms with Crippen molar-refractivity contribution in [3.05, 3.63) is 17.0 Å². The number of aliphatic hydroxyl groups is 2. The molecule has 18 heavy (non-hydrogen) atoms. The van der Waals surface area contributed by atoms with Gasteiger partial charge in [-0.25, -0.2) is 0 Å². The highest BCUT2D eigenvalue weighted by molar-refractivity contribution is 5.96. The lowest BCUT2D eigenvalue weighted by molar-refractivity contribution is 0.0652. The predicted molar refractivity (Wildman–Crippen MR) is 67.3 cm³/mol. The summed E-state index contributed by atoms with van der Waals surface area (Å²) in [6, 6.07) is 0. The molecule has 0 saturated carbocycles. The minimum Gasteiger partial charge on any atom is -0.394 e. The molecule has 1 amide bonds. The normalized spacial score (nSPS) is 11.7. The summed E-state index contributed by atoms with van der Waals surface area (Å²) in [5.41, 5.74) is 0.905. The second-order valence-electron chi connectivity index (χ2n) is 4.57. The van der Waals surface area contributed by atoms with Gasteiger partial charge in [-0.3, -0.25) is 9.48 Å². The van der Waals surface area contributed by atoms with E-state index in [4.69, 9.17) is 0 Å². The second-order valence-corrected chi connectivity index (χ2v) is 4.57. The van der Waals surface area contributed by atoms with Crippen LogP contribution in [0.2, 0.25) is 0 Å². The Labute approximate surface area is 107 Å². The van der Waals surface area contributed by atoms with Crippen molar-refractivity contribution in [1.82, 2.24) is 15.1 Å². The number of rotatable bonds is 5. The lowest BCUT2D eigenvalue weighted by Gasteiger charge is -2.29. The molecule has 1 aromatic heterocycles. The van der Waals surface area contributed by atoms with Crippen LogP contribution in [0.15, 0.2) is 0 Å².